The maximum Gasteiger partial charge on any atom is 0.252 e. The van der Waals surface area contributed by atoms with Crippen molar-refractivity contribution >= 4 is 117 Å². The molecule has 1 N–H and O–H groups in total. The predicted octanol–water partition coefficient (Wildman–Crippen LogP) is 19.1. The molecule has 0 radical (unpaired) electrons. The number of benzene rings is 11. The summed E-state index contributed by atoms with van der Waals surface area (Å²) in [4.78, 5) is 8.55. The van der Waals surface area contributed by atoms with Crippen molar-refractivity contribution in [2.45, 2.75) is 52.4 Å². The van der Waals surface area contributed by atoms with Crippen molar-refractivity contribution in [3.8, 4) is 45.0 Å². The fraction of sp³-hybridized carbons (Fsp3) is 0.101. The van der Waals surface area contributed by atoms with Gasteiger partial charge in [-0.25, -0.2) is 4.98 Å². The molecule has 2 aliphatic heterocycles. The Morgan fingerprint density at radius 1 is 0.395 bits per heavy atom. The molecule has 0 fully saturated rings. The summed E-state index contributed by atoms with van der Waals surface area (Å²) in [5.41, 5.74) is 25.5. The second-order valence-corrected chi connectivity index (χ2v) is 25.6. The Morgan fingerprint density at radius 2 is 1.00 bits per heavy atom. The molecule has 4 aromatic heterocycles. The average Bonchev–Trinajstić information content (AvgIpc) is 2.12. The Morgan fingerprint density at radius 3 is 1.66 bits per heavy atom. The lowest BCUT2D eigenvalue weighted by Gasteiger charge is -2.43. The van der Waals surface area contributed by atoms with Crippen molar-refractivity contribution in [3.63, 3.8) is 0 Å². The number of pyridine rings is 1. The third kappa shape index (κ3) is 7.63. The van der Waals surface area contributed by atoms with Crippen LogP contribution >= 0.6 is 0 Å². The summed E-state index contributed by atoms with van der Waals surface area (Å²) in [6, 6.07) is 91.8. The molecule has 7 heteroatoms. The van der Waals surface area contributed by atoms with Gasteiger partial charge in [0.2, 0.25) is 0 Å². The average molecular weight is 1110 g/mol. The molecule has 0 spiro atoms. The van der Waals surface area contributed by atoms with Gasteiger partial charge in [-0.2, -0.15) is 0 Å². The van der Waals surface area contributed by atoms with E-state index >= 15 is 0 Å². The van der Waals surface area contributed by atoms with E-state index in [2.05, 4.69) is 304 Å². The molecule has 0 amide bonds. The van der Waals surface area contributed by atoms with Gasteiger partial charge in [0.1, 0.15) is 17.0 Å². The summed E-state index contributed by atoms with van der Waals surface area (Å²) >= 11 is 0. The van der Waals surface area contributed by atoms with Crippen LogP contribution in [0.1, 0.15) is 52.7 Å². The van der Waals surface area contributed by atoms with Crippen LogP contribution in [0.4, 0.5) is 28.4 Å². The molecule has 0 bridgehead atoms. The fourth-order valence-electron chi connectivity index (χ4n) is 14.2. The van der Waals surface area contributed by atoms with Gasteiger partial charge in [-0.3, -0.25) is 4.57 Å². The van der Waals surface area contributed by atoms with Gasteiger partial charge < -0.3 is 19.2 Å². The van der Waals surface area contributed by atoms with Crippen molar-refractivity contribution < 1.29 is 4.42 Å². The van der Waals surface area contributed by atoms with Crippen molar-refractivity contribution in [3.05, 3.63) is 260 Å². The van der Waals surface area contributed by atoms with E-state index in [1.54, 1.807) is 0 Å². The Labute approximate surface area is 500 Å². The van der Waals surface area contributed by atoms with Crippen molar-refractivity contribution in [1.29, 1.82) is 0 Å². The number of nitrogens with zero attached hydrogens (tertiary/aromatic N) is 4. The smallest absolute Gasteiger partial charge is 0.252 e. The summed E-state index contributed by atoms with van der Waals surface area (Å²) in [7, 11) is 0. The Bertz CT molecular complexity index is 5200. The molecule has 6 heterocycles. The molecule has 6 nitrogen and oxygen atoms in total. The first-order valence-corrected chi connectivity index (χ1v) is 30.0. The first-order valence-electron chi connectivity index (χ1n) is 30.0. The highest BCUT2D eigenvalue weighted by molar-refractivity contribution is 7.00. The van der Waals surface area contributed by atoms with Crippen molar-refractivity contribution in [2.24, 2.45) is 0 Å². The molecule has 0 atom stereocenters. The van der Waals surface area contributed by atoms with Crippen LogP contribution in [0.25, 0.3) is 111 Å². The van der Waals surface area contributed by atoms with Crippen LogP contribution < -0.4 is 26.6 Å². The molecule has 0 aliphatic carbocycles. The lowest BCUT2D eigenvalue weighted by atomic mass is 9.33. The second kappa shape index (κ2) is 18.6. The van der Waals surface area contributed by atoms with Gasteiger partial charge >= 0.3 is 0 Å². The van der Waals surface area contributed by atoms with Crippen molar-refractivity contribution in [1.82, 2.24) is 14.1 Å². The number of rotatable bonds is 6. The number of anilines is 5. The zero-order valence-corrected chi connectivity index (χ0v) is 48.9. The third-order valence-electron chi connectivity index (χ3n) is 18.4. The second-order valence-electron chi connectivity index (χ2n) is 25.6. The molecule has 0 saturated heterocycles. The highest BCUT2D eigenvalue weighted by Crippen LogP contribution is 2.50. The summed E-state index contributed by atoms with van der Waals surface area (Å²) in [5, 5.41) is 10.9. The van der Waals surface area contributed by atoms with Crippen LogP contribution in [0.2, 0.25) is 0 Å². The molecule has 2 aliphatic rings. The Balaban J connectivity index is 0.984. The number of hydrogen-bond donors (Lipinski definition) is 1. The Kier molecular flexibility index (Phi) is 10.8. The van der Waals surface area contributed by atoms with Crippen LogP contribution in [0.15, 0.2) is 253 Å². The number of furan rings is 1. The fourth-order valence-corrected chi connectivity index (χ4v) is 14.2. The molecule has 11 aromatic carbocycles. The molecule has 410 valence electrons. The summed E-state index contributed by atoms with van der Waals surface area (Å²) < 4.78 is 11.4. The zero-order valence-electron chi connectivity index (χ0n) is 48.9. The number of nitrogens with one attached hydrogen (secondary N) is 1. The van der Waals surface area contributed by atoms with E-state index in [9.17, 15) is 0 Å². The first-order chi connectivity index (χ1) is 41.9. The van der Waals surface area contributed by atoms with E-state index in [4.69, 9.17) is 9.40 Å². The Hall–Kier alpha value is -10.4. The van der Waals surface area contributed by atoms with E-state index in [1.165, 1.54) is 44.0 Å². The largest absolute Gasteiger partial charge is 0.456 e. The number of hydrogen-bond acceptors (Lipinski definition) is 4. The summed E-state index contributed by atoms with van der Waals surface area (Å²) in [5.74, 6) is 0.825. The van der Waals surface area contributed by atoms with E-state index < -0.39 is 0 Å². The third-order valence-corrected chi connectivity index (χ3v) is 18.4. The standard InChI is InChI=1S/C79H60BN5O/c1-78(2,3)51-37-38-64-62(41-51)80-63-40-50(36-39-70(63)85(72-43-52(79(4,5)6)42-66(81-64)76(72)80)77-54(48-22-9-7-10-23-48)30-21-31-55(77)49-24-11-8-12-25-49)65-44-53(83-67-32-17-13-26-56(67)57-27-14-18-33-68(57)83)45-75(82-65)84-69-34-19-15-28-58(69)60-47-74-61(46-71(60)84)59-29-16-20-35-73(59)86-74/h7-47,81H,1-6H3. The van der Waals surface area contributed by atoms with Crippen LogP contribution in [0.5, 0.6) is 0 Å². The van der Waals surface area contributed by atoms with Crippen molar-refractivity contribution in [2.75, 3.05) is 10.2 Å². The van der Waals surface area contributed by atoms with Gasteiger partial charge in [0.05, 0.1) is 39.1 Å². The topological polar surface area (TPSA) is 51.2 Å². The monoisotopic (exact) mass is 1110 g/mol. The highest BCUT2D eigenvalue weighted by Gasteiger charge is 2.43. The van der Waals surface area contributed by atoms with Crippen LogP contribution in [-0.2, 0) is 10.8 Å². The molecule has 15 aromatic rings. The summed E-state index contributed by atoms with van der Waals surface area (Å²) in [6.45, 7) is 13.8. The van der Waals surface area contributed by atoms with Gasteiger partial charge in [-0.1, -0.05) is 217 Å². The van der Waals surface area contributed by atoms with Gasteiger partial charge in [0.25, 0.3) is 6.71 Å². The number of para-hydroxylation sites is 5. The lowest BCUT2D eigenvalue weighted by Crippen LogP contribution is -2.60. The van der Waals surface area contributed by atoms with Crippen LogP contribution in [-0.4, -0.2) is 20.8 Å². The normalized spacial score (nSPS) is 13.0. The van der Waals surface area contributed by atoms with E-state index in [0.29, 0.717) is 0 Å². The molecule has 0 unspecified atom stereocenters. The number of aromatic nitrogens is 3. The van der Waals surface area contributed by atoms with Gasteiger partial charge in [0, 0.05) is 72.3 Å². The van der Waals surface area contributed by atoms with E-state index in [1.807, 2.05) is 6.07 Å². The van der Waals surface area contributed by atoms with E-state index in [-0.39, 0.29) is 17.5 Å². The minimum absolute atomic E-state index is 0.0876. The zero-order chi connectivity index (χ0) is 57.7. The lowest BCUT2D eigenvalue weighted by molar-refractivity contribution is 0.590. The molecule has 17 rings (SSSR count). The van der Waals surface area contributed by atoms with Crippen LogP contribution in [0.3, 0.4) is 0 Å². The SMILES string of the molecule is CC(C)(C)c1ccc2c(c1)B1c3cc(-c4cc(-n5c6ccccc6c6ccccc65)cc(-n5c6ccccc6c6cc7oc8ccccc8c7cc65)n4)ccc3N(c3c(-c4ccccc4)cccc3-c3ccccc3)c3cc(C(C)(C)C)cc(c31)N2. The maximum atomic E-state index is 6.57. The minimum atomic E-state index is -0.157. The van der Waals surface area contributed by atoms with Gasteiger partial charge in [0.15, 0.2) is 0 Å². The molecular weight excluding hydrogens is 1050 g/mol. The number of fused-ring (bicyclic) bond motifs is 13. The summed E-state index contributed by atoms with van der Waals surface area (Å²) in [6.07, 6.45) is 0. The molecule has 0 saturated carbocycles. The van der Waals surface area contributed by atoms with Gasteiger partial charge in [-0.15, -0.1) is 0 Å². The highest BCUT2D eigenvalue weighted by atomic mass is 16.3. The van der Waals surface area contributed by atoms with E-state index in [0.717, 1.165) is 123 Å². The predicted molar refractivity (Wildman–Crippen MR) is 363 cm³/mol. The quantitative estimate of drug-likeness (QED) is 0.169. The van der Waals surface area contributed by atoms with Crippen LogP contribution in [0, 0.1) is 0 Å². The minimum Gasteiger partial charge on any atom is -0.456 e. The first kappa shape index (κ1) is 50.2. The molecular formula is C79H60BN5O. The molecule has 86 heavy (non-hydrogen) atoms. The maximum absolute atomic E-state index is 6.57. The van der Waals surface area contributed by atoms with Gasteiger partial charge in [-0.05, 0) is 122 Å².